The van der Waals surface area contributed by atoms with Crippen molar-refractivity contribution >= 4 is 17.8 Å². The number of hydrogen-bond donors (Lipinski definition) is 3. The predicted molar refractivity (Wildman–Crippen MR) is 56.0 cm³/mol. The standard InChI is InChI=1S/C8H15N5O/c1-4-5-6(14)11-7(9)12-8(10)13(2)3/h4-5H,1-3H3,(H4,9,10,11,12,14)/b5-4+. The van der Waals surface area contributed by atoms with E-state index >= 15 is 0 Å². The van der Waals surface area contributed by atoms with Gasteiger partial charge in [0, 0.05) is 14.1 Å². The Balaban J connectivity index is 4.27. The van der Waals surface area contributed by atoms with Crippen LogP contribution in [0.5, 0.6) is 0 Å². The highest BCUT2D eigenvalue weighted by Gasteiger charge is 2.00. The number of allylic oxidation sites excluding steroid dienone is 1. The maximum atomic E-state index is 11.0. The van der Waals surface area contributed by atoms with E-state index in [-0.39, 0.29) is 17.8 Å². The third kappa shape index (κ3) is 4.91. The summed E-state index contributed by atoms with van der Waals surface area (Å²) in [6.45, 7) is 1.72. The molecule has 0 aliphatic heterocycles. The van der Waals surface area contributed by atoms with E-state index in [1.165, 1.54) is 11.0 Å². The van der Waals surface area contributed by atoms with Gasteiger partial charge in [-0.15, -0.1) is 0 Å². The summed E-state index contributed by atoms with van der Waals surface area (Å²) in [5.74, 6) is -0.476. The van der Waals surface area contributed by atoms with Crippen molar-refractivity contribution in [3.8, 4) is 0 Å². The molecular weight excluding hydrogens is 182 g/mol. The first kappa shape index (κ1) is 12.2. The second-order valence-corrected chi connectivity index (χ2v) is 2.70. The van der Waals surface area contributed by atoms with Crippen LogP contribution in [0.4, 0.5) is 0 Å². The Morgan fingerprint density at radius 1 is 1.57 bits per heavy atom. The molecule has 0 unspecified atom stereocenters. The lowest BCUT2D eigenvalue weighted by atomic mass is 10.5. The van der Waals surface area contributed by atoms with Crippen LogP contribution in [0.2, 0.25) is 0 Å². The van der Waals surface area contributed by atoms with Gasteiger partial charge in [0.15, 0.2) is 0 Å². The average molecular weight is 197 g/mol. The molecule has 0 radical (unpaired) electrons. The van der Waals surface area contributed by atoms with Gasteiger partial charge in [-0.2, -0.15) is 4.99 Å². The Bertz CT molecular complexity index is 279. The molecule has 0 aliphatic carbocycles. The second-order valence-electron chi connectivity index (χ2n) is 2.70. The van der Waals surface area contributed by atoms with E-state index in [1.54, 1.807) is 27.1 Å². The summed E-state index contributed by atoms with van der Waals surface area (Å²) in [5, 5.41) is 9.61. The molecule has 6 nitrogen and oxygen atoms in total. The summed E-state index contributed by atoms with van der Waals surface area (Å²) >= 11 is 0. The van der Waals surface area contributed by atoms with E-state index in [1.807, 2.05) is 0 Å². The lowest BCUT2D eigenvalue weighted by Gasteiger charge is -2.09. The number of hydrogen-bond acceptors (Lipinski definition) is 2. The number of nitrogens with one attached hydrogen (secondary N) is 2. The summed E-state index contributed by atoms with van der Waals surface area (Å²) in [7, 11) is 3.32. The van der Waals surface area contributed by atoms with Gasteiger partial charge in [0.25, 0.3) is 0 Å². The molecule has 0 saturated carbocycles. The number of carbonyl (C=O) groups excluding carboxylic acids is 1. The molecule has 0 aromatic rings. The Morgan fingerprint density at radius 3 is 2.57 bits per heavy atom. The number of rotatable bonds is 1. The Labute approximate surface area is 83.0 Å². The fourth-order valence-corrected chi connectivity index (χ4v) is 0.561. The van der Waals surface area contributed by atoms with Gasteiger partial charge in [-0.3, -0.25) is 15.5 Å². The van der Waals surface area contributed by atoms with Crippen LogP contribution in [-0.4, -0.2) is 36.8 Å². The van der Waals surface area contributed by atoms with Crippen LogP contribution < -0.4 is 11.1 Å². The monoisotopic (exact) mass is 197 g/mol. The highest BCUT2D eigenvalue weighted by molar-refractivity contribution is 6.04. The predicted octanol–water partition coefficient (Wildman–Crippen LogP) is -0.510. The zero-order valence-electron chi connectivity index (χ0n) is 8.53. The van der Waals surface area contributed by atoms with E-state index in [9.17, 15) is 4.79 Å². The molecule has 4 N–H and O–H groups in total. The maximum Gasteiger partial charge on any atom is 0.250 e. The lowest BCUT2D eigenvalue weighted by Crippen LogP contribution is -2.37. The van der Waals surface area contributed by atoms with Crippen molar-refractivity contribution in [2.24, 2.45) is 10.7 Å². The third-order valence-electron chi connectivity index (χ3n) is 1.22. The topological polar surface area (TPSA) is 94.6 Å². The molecule has 1 amide bonds. The average Bonchev–Trinajstić information content (AvgIpc) is 2.03. The molecule has 0 bridgehead atoms. The minimum absolute atomic E-state index is 0.0247. The van der Waals surface area contributed by atoms with Crippen molar-refractivity contribution < 1.29 is 4.79 Å². The van der Waals surface area contributed by atoms with Crippen molar-refractivity contribution in [2.75, 3.05) is 14.1 Å². The highest BCUT2D eigenvalue weighted by atomic mass is 16.1. The van der Waals surface area contributed by atoms with Crippen LogP contribution in [0.25, 0.3) is 0 Å². The fraction of sp³-hybridized carbons (Fsp3) is 0.375. The zero-order valence-corrected chi connectivity index (χ0v) is 8.53. The van der Waals surface area contributed by atoms with Crippen LogP contribution in [0.1, 0.15) is 6.92 Å². The van der Waals surface area contributed by atoms with Gasteiger partial charge in [-0.05, 0) is 13.0 Å². The van der Waals surface area contributed by atoms with Crippen molar-refractivity contribution in [3.63, 3.8) is 0 Å². The number of aliphatic imine (C=N–C) groups is 1. The minimum atomic E-state index is -0.361. The molecule has 0 spiro atoms. The molecule has 6 heteroatoms. The van der Waals surface area contributed by atoms with Gasteiger partial charge in [0.2, 0.25) is 17.8 Å². The Hall–Kier alpha value is -1.85. The quantitative estimate of drug-likeness (QED) is 0.300. The molecule has 0 rings (SSSR count). The lowest BCUT2D eigenvalue weighted by molar-refractivity contribution is -0.115. The van der Waals surface area contributed by atoms with Gasteiger partial charge < -0.3 is 10.6 Å². The second kappa shape index (κ2) is 5.74. The number of guanidine groups is 2. The molecule has 0 heterocycles. The minimum Gasteiger partial charge on any atom is -0.369 e. The summed E-state index contributed by atoms with van der Waals surface area (Å²) < 4.78 is 0. The summed E-state index contributed by atoms with van der Waals surface area (Å²) in [6.07, 6.45) is 2.90. The molecular formula is C8H15N5O. The largest absolute Gasteiger partial charge is 0.369 e. The molecule has 0 atom stereocenters. The highest BCUT2D eigenvalue weighted by Crippen LogP contribution is 1.80. The van der Waals surface area contributed by atoms with Crippen LogP contribution in [-0.2, 0) is 4.79 Å². The number of nitrogens with zero attached hydrogens (tertiary/aromatic N) is 2. The van der Waals surface area contributed by atoms with E-state index in [2.05, 4.69) is 10.3 Å². The van der Waals surface area contributed by atoms with Gasteiger partial charge in [0.05, 0.1) is 0 Å². The molecule has 0 aliphatic rings. The van der Waals surface area contributed by atoms with Crippen molar-refractivity contribution in [1.82, 2.24) is 10.2 Å². The van der Waals surface area contributed by atoms with E-state index in [0.717, 1.165) is 0 Å². The van der Waals surface area contributed by atoms with Crippen molar-refractivity contribution in [2.45, 2.75) is 6.92 Å². The van der Waals surface area contributed by atoms with Gasteiger partial charge in [-0.1, -0.05) is 6.08 Å². The van der Waals surface area contributed by atoms with E-state index in [4.69, 9.17) is 11.1 Å². The van der Waals surface area contributed by atoms with E-state index < -0.39 is 0 Å². The number of amides is 1. The van der Waals surface area contributed by atoms with Crippen LogP contribution >= 0.6 is 0 Å². The molecule has 0 aromatic carbocycles. The van der Waals surface area contributed by atoms with Crippen LogP contribution in [0.15, 0.2) is 17.1 Å². The third-order valence-corrected chi connectivity index (χ3v) is 1.22. The summed E-state index contributed by atoms with van der Waals surface area (Å²) in [6, 6.07) is 0. The normalized spacial score (nSPS) is 11.5. The first-order valence-electron chi connectivity index (χ1n) is 4.01. The van der Waals surface area contributed by atoms with Crippen molar-refractivity contribution in [1.29, 1.82) is 5.41 Å². The molecule has 78 valence electrons. The molecule has 14 heavy (non-hydrogen) atoms. The van der Waals surface area contributed by atoms with Crippen LogP contribution in [0, 0.1) is 5.41 Å². The van der Waals surface area contributed by atoms with Gasteiger partial charge >= 0.3 is 0 Å². The smallest absolute Gasteiger partial charge is 0.250 e. The Morgan fingerprint density at radius 2 is 2.14 bits per heavy atom. The maximum absolute atomic E-state index is 11.0. The zero-order chi connectivity index (χ0) is 11.1. The number of nitrogens with two attached hydrogens (primary N) is 1. The molecule has 0 fully saturated rings. The SMILES string of the molecule is C/C=C/C(=O)NC(N)=NC(=N)N(C)C. The fourth-order valence-electron chi connectivity index (χ4n) is 0.561. The summed E-state index contributed by atoms with van der Waals surface area (Å²) in [5.41, 5.74) is 5.36. The van der Waals surface area contributed by atoms with Gasteiger partial charge in [-0.25, -0.2) is 0 Å². The van der Waals surface area contributed by atoms with Gasteiger partial charge in [0.1, 0.15) is 0 Å². The number of carbonyl (C=O) groups is 1. The van der Waals surface area contributed by atoms with E-state index in [0.29, 0.717) is 0 Å². The van der Waals surface area contributed by atoms with Crippen LogP contribution in [0.3, 0.4) is 0 Å². The first-order valence-corrected chi connectivity index (χ1v) is 4.01. The Kier molecular flexibility index (Phi) is 4.98. The molecule has 0 aromatic heterocycles. The van der Waals surface area contributed by atoms with Crippen molar-refractivity contribution in [3.05, 3.63) is 12.2 Å². The summed E-state index contributed by atoms with van der Waals surface area (Å²) in [4.78, 5) is 16.1. The molecule has 0 saturated heterocycles. The first-order chi connectivity index (χ1) is 6.47.